The van der Waals surface area contributed by atoms with Crippen LogP contribution in [0.15, 0.2) is 35.0 Å². The molecule has 122 valence electrons. The predicted octanol–water partition coefficient (Wildman–Crippen LogP) is 2.01. The molecule has 0 aliphatic carbocycles. The minimum Gasteiger partial charge on any atom is -0.493 e. The molecule has 1 aliphatic rings. The molecule has 6 nitrogen and oxygen atoms in total. The highest BCUT2D eigenvalue weighted by Gasteiger charge is 2.34. The second-order valence-electron chi connectivity index (χ2n) is 4.99. The molecule has 6 heteroatoms. The molecule has 0 fully saturated rings. The van der Waals surface area contributed by atoms with Crippen LogP contribution in [0, 0.1) is 0 Å². The molecule has 1 aromatic rings. The van der Waals surface area contributed by atoms with Gasteiger partial charge < -0.3 is 19.1 Å². The molecular weight excluding hydrogens is 298 g/mol. The van der Waals surface area contributed by atoms with E-state index in [1.165, 1.54) is 19.1 Å². The maximum atomic E-state index is 12.4. The fourth-order valence-corrected chi connectivity index (χ4v) is 2.41. The lowest BCUT2D eigenvalue weighted by atomic mass is 10.0. The number of likely N-dealkylation sites (N-methyl/N-ethyl adjacent to an activating group) is 1. The number of carbonyl (C=O) groups is 2. The Labute approximate surface area is 134 Å². The zero-order chi connectivity index (χ0) is 17.1. The maximum Gasteiger partial charge on any atom is 0.340 e. The summed E-state index contributed by atoms with van der Waals surface area (Å²) < 4.78 is 15.2. The number of hydrogen-bond acceptors (Lipinski definition) is 5. The minimum atomic E-state index is -0.535. The molecule has 1 aliphatic heterocycles. The summed E-state index contributed by atoms with van der Waals surface area (Å²) in [5, 5.41) is 0. The molecule has 1 amide bonds. The van der Waals surface area contributed by atoms with Gasteiger partial charge in [-0.1, -0.05) is 6.07 Å². The molecule has 0 N–H and O–H groups in total. The average Bonchev–Trinajstić information content (AvgIpc) is 2.78. The lowest BCUT2D eigenvalue weighted by Gasteiger charge is -2.09. The van der Waals surface area contributed by atoms with Crippen molar-refractivity contribution in [3.63, 3.8) is 0 Å². The lowest BCUT2D eigenvalue weighted by Crippen LogP contribution is -2.19. The van der Waals surface area contributed by atoms with E-state index in [0.717, 1.165) is 5.56 Å². The number of nitrogens with zero attached hydrogens (tertiary/aromatic N) is 1. The van der Waals surface area contributed by atoms with Crippen LogP contribution in [0.5, 0.6) is 11.5 Å². The van der Waals surface area contributed by atoms with Crippen molar-refractivity contribution in [2.75, 3.05) is 28.4 Å². The van der Waals surface area contributed by atoms with Gasteiger partial charge in [0, 0.05) is 12.7 Å². The van der Waals surface area contributed by atoms with Gasteiger partial charge in [0.15, 0.2) is 11.5 Å². The third kappa shape index (κ3) is 2.92. The number of amides is 1. The van der Waals surface area contributed by atoms with Crippen LogP contribution < -0.4 is 9.47 Å². The van der Waals surface area contributed by atoms with Crippen LogP contribution in [0.4, 0.5) is 0 Å². The minimum absolute atomic E-state index is 0.252. The second kappa shape index (κ2) is 6.56. The van der Waals surface area contributed by atoms with Gasteiger partial charge in [-0.05, 0) is 30.7 Å². The Bertz CT molecular complexity index is 718. The molecule has 1 aromatic carbocycles. The molecule has 23 heavy (non-hydrogen) atoms. The van der Waals surface area contributed by atoms with Crippen molar-refractivity contribution in [3.05, 3.63) is 40.6 Å². The van der Waals surface area contributed by atoms with E-state index in [0.29, 0.717) is 22.8 Å². The third-order valence-electron chi connectivity index (χ3n) is 3.78. The number of methoxy groups -OCH3 is 3. The Hall–Kier alpha value is -2.76. The highest BCUT2D eigenvalue weighted by molar-refractivity contribution is 6.16. The maximum absolute atomic E-state index is 12.4. The second-order valence-corrected chi connectivity index (χ2v) is 4.99. The Kier molecular flexibility index (Phi) is 4.74. The first kappa shape index (κ1) is 16.6. The molecule has 0 atom stereocenters. The highest BCUT2D eigenvalue weighted by Crippen LogP contribution is 2.33. The van der Waals surface area contributed by atoms with Crippen LogP contribution in [0.2, 0.25) is 0 Å². The standard InChI is InChI=1S/C17H19NO5/c1-10-15(17(20)23-5)12(16(19)18(10)2)8-11-6-7-13(21-3)14(9-11)22-4/h6-9H,1-5H3/b12-8-. The summed E-state index contributed by atoms with van der Waals surface area (Å²) in [6, 6.07) is 5.26. The van der Waals surface area contributed by atoms with Gasteiger partial charge in [0.25, 0.3) is 5.91 Å². The van der Waals surface area contributed by atoms with Crippen LogP contribution in [-0.2, 0) is 14.3 Å². The lowest BCUT2D eigenvalue weighted by molar-refractivity contribution is -0.136. The van der Waals surface area contributed by atoms with Crippen LogP contribution in [-0.4, -0.2) is 45.2 Å². The van der Waals surface area contributed by atoms with E-state index >= 15 is 0 Å². The molecule has 0 unspecified atom stereocenters. The summed E-state index contributed by atoms with van der Waals surface area (Å²) in [7, 11) is 6.00. The van der Waals surface area contributed by atoms with Gasteiger partial charge in [-0.3, -0.25) is 4.79 Å². The summed E-state index contributed by atoms with van der Waals surface area (Å²) in [6.45, 7) is 1.71. The van der Waals surface area contributed by atoms with Crippen molar-refractivity contribution in [3.8, 4) is 11.5 Å². The SMILES string of the molecule is COC(=O)C1=C(C)N(C)C(=O)/C1=C\c1ccc(OC)c(OC)c1. The number of benzene rings is 1. The number of rotatable bonds is 4. The van der Waals surface area contributed by atoms with Gasteiger partial charge in [-0.2, -0.15) is 0 Å². The van der Waals surface area contributed by atoms with Crippen molar-refractivity contribution in [2.45, 2.75) is 6.92 Å². The van der Waals surface area contributed by atoms with Crippen molar-refractivity contribution in [1.82, 2.24) is 4.90 Å². The van der Waals surface area contributed by atoms with E-state index < -0.39 is 5.97 Å². The summed E-state index contributed by atoms with van der Waals surface area (Å²) in [6.07, 6.45) is 1.64. The molecule has 2 rings (SSSR count). The Balaban J connectivity index is 2.53. The zero-order valence-electron chi connectivity index (χ0n) is 13.8. The van der Waals surface area contributed by atoms with Crippen LogP contribution in [0.3, 0.4) is 0 Å². The van der Waals surface area contributed by atoms with Gasteiger partial charge in [0.05, 0.1) is 32.5 Å². The van der Waals surface area contributed by atoms with E-state index in [9.17, 15) is 9.59 Å². The Morgan fingerprint density at radius 1 is 1.13 bits per heavy atom. The number of ether oxygens (including phenoxy) is 3. The summed E-state index contributed by atoms with van der Waals surface area (Å²) >= 11 is 0. The fourth-order valence-electron chi connectivity index (χ4n) is 2.41. The van der Waals surface area contributed by atoms with E-state index in [-0.39, 0.29) is 11.5 Å². The monoisotopic (exact) mass is 317 g/mol. The van der Waals surface area contributed by atoms with Crippen molar-refractivity contribution < 1.29 is 23.8 Å². The molecule has 0 spiro atoms. The number of esters is 1. The van der Waals surface area contributed by atoms with Crippen molar-refractivity contribution in [1.29, 1.82) is 0 Å². The molecule has 0 saturated heterocycles. The smallest absolute Gasteiger partial charge is 0.340 e. The first-order valence-corrected chi connectivity index (χ1v) is 6.96. The highest BCUT2D eigenvalue weighted by atomic mass is 16.5. The summed E-state index contributed by atoms with van der Waals surface area (Å²) in [4.78, 5) is 25.8. The number of carbonyl (C=O) groups excluding carboxylic acids is 2. The van der Waals surface area contributed by atoms with E-state index in [1.807, 2.05) is 0 Å². The molecular formula is C17H19NO5. The van der Waals surface area contributed by atoms with Crippen molar-refractivity contribution >= 4 is 18.0 Å². The number of allylic oxidation sites excluding steroid dienone is 1. The first-order valence-electron chi connectivity index (χ1n) is 6.96. The van der Waals surface area contributed by atoms with Gasteiger partial charge >= 0.3 is 5.97 Å². The van der Waals surface area contributed by atoms with Gasteiger partial charge in [0.2, 0.25) is 0 Å². The summed E-state index contributed by atoms with van der Waals surface area (Å²) in [5.74, 6) is 0.343. The van der Waals surface area contributed by atoms with Gasteiger partial charge in [0.1, 0.15) is 0 Å². The zero-order valence-corrected chi connectivity index (χ0v) is 13.8. The largest absolute Gasteiger partial charge is 0.493 e. The third-order valence-corrected chi connectivity index (χ3v) is 3.78. The average molecular weight is 317 g/mol. The van der Waals surface area contributed by atoms with E-state index in [4.69, 9.17) is 14.2 Å². The van der Waals surface area contributed by atoms with Crippen LogP contribution in [0.25, 0.3) is 6.08 Å². The Morgan fingerprint density at radius 3 is 2.35 bits per heavy atom. The molecule has 0 bridgehead atoms. The van der Waals surface area contributed by atoms with E-state index in [1.54, 1.807) is 45.4 Å². The quantitative estimate of drug-likeness (QED) is 0.628. The molecule has 1 heterocycles. The van der Waals surface area contributed by atoms with Gasteiger partial charge in [-0.15, -0.1) is 0 Å². The first-order chi connectivity index (χ1) is 10.9. The number of hydrogen-bond donors (Lipinski definition) is 0. The summed E-state index contributed by atoms with van der Waals surface area (Å²) in [5.41, 5.74) is 1.85. The van der Waals surface area contributed by atoms with Crippen molar-refractivity contribution in [2.24, 2.45) is 0 Å². The fraction of sp³-hybridized carbons (Fsp3) is 0.294. The predicted molar refractivity (Wildman–Crippen MR) is 85.0 cm³/mol. The Morgan fingerprint density at radius 2 is 1.78 bits per heavy atom. The van der Waals surface area contributed by atoms with Gasteiger partial charge in [-0.25, -0.2) is 4.79 Å². The van der Waals surface area contributed by atoms with E-state index in [2.05, 4.69) is 0 Å². The molecule has 0 radical (unpaired) electrons. The van der Waals surface area contributed by atoms with Crippen LogP contribution >= 0.6 is 0 Å². The molecule has 0 aromatic heterocycles. The topological polar surface area (TPSA) is 65.1 Å². The van der Waals surface area contributed by atoms with Crippen LogP contribution in [0.1, 0.15) is 12.5 Å². The molecule has 0 saturated carbocycles. The normalized spacial score (nSPS) is 16.1.